The first-order valence-corrected chi connectivity index (χ1v) is 8.27. The molecule has 0 fully saturated rings. The Balaban J connectivity index is 1.78. The lowest BCUT2D eigenvalue weighted by Crippen LogP contribution is -2.17. The Morgan fingerprint density at radius 2 is 1.93 bits per heavy atom. The zero-order valence-electron chi connectivity index (χ0n) is 15.0. The monoisotopic (exact) mass is 365 g/mol. The van der Waals surface area contributed by atoms with Crippen LogP contribution >= 0.6 is 0 Å². The highest BCUT2D eigenvalue weighted by molar-refractivity contribution is 5.98. The van der Waals surface area contributed by atoms with Crippen LogP contribution in [-0.2, 0) is 11.2 Å². The molecule has 0 saturated heterocycles. The summed E-state index contributed by atoms with van der Waals surface area (Å²) in [6.07, 6.45) is 0.0200. The fourth-order valence-electron chi connectivity index (χ4n) is 2.60. The van der Waals surface area contributed by atoms with Gasteiger partial charge >= 0.3 is 0 Å². The third kappa shape index (κ3) is 4.14. The minimum atomic E-state index is -0.590. The Morgan fingerprint density at radius 3 is 2.59 bits per heavy atom. The number of carbonyl (C=O) groups excluding carboxylic acids is 2. The lowest BCUT2D eigenvalue weighted by Gasteiger charge is -2.11. The van der Waals surface area contributed by atoms with Crippen LogP contribution in [0.1, 0.15) is 21.8 Å². The van der Waals surface area contributed by atoms with Gasteiger partial charge in [-0.05, 0) is 37.3 Å². The van der Waals surface area contributed by atoms with Crippen LogP contribution in [0.5, 0.6) is 5.75 Å². The molecule has 3 aromatic rings. The highest BCUT2D eigenvalue weighted by Crippen LogP contribution is 2.26. The molecule has 27 heavy (non-hydrogen) atoms. The lowest BCUT2D eigenvalue weighted by atomic mass is 10.1. The summed E-state index contributed by atoms with van der Waals surface area (Å²) >= 11 is 0. The van der Waals surface area contributed by atoms with Crippen LogP contribution in [0.15, 0.2) is 52.9 Å². The first kappa shape index (κ1) is 18.2. The van der Waals surface area contributed by atoms with Crippen LogP contribution < -0.4 is 15.8 Å². The Morgan fingerprint density at radius 1 is 1.19 bits per heavy atom. The van der Waals surface area contributed by atoms with E-state index in [0.29, 0.717) is 28.8 Å². The molecular weight excluding hydrogens is 346 g/mol. The van der Waals surface area contributed by atoms with Crippen molar-refractivity contribution in [2.45, 2.75) is 13.3 Å². The molecular formula is C20H19N3O4. The van der Waals surface area contributed by atoms with Gasteiger partial charge in [-0.2, -0.15) is 0 Å². The molecule has 0 aliphatic carbocycles. The minimum Gasteiger partial charge on any atom is -0.495 e. The SMILES string of the molecule is COc1ccc(C(N)=O)cc1NC(=O)Cc1nc(-c2ccccc2)oc1C. The van der Waals surface area contributed by atoms with Crippen molar-refractivity contribution in [2.24, 2.45) is 5.73 Å². The van der Waals surface area contributed by atoms with Gasteiger partial charge in [0.05, 0.1) is 24.9 Å². The maximum Gasteiger partial charge on any atom is 0.248 e. The van der Waals surface area contributed by atoms with E-state index in [1.165, 1.54) is 19.2 Å². The fraction of sp³-hybridized carbons (Fsp3) is 0.150. The van der Waals surface area contributed by atoms with Gasteiger partial charge in [-0.15, -0.1) is 0 Å². The Kier molecular flexibility index (Phi) is 5.21. The van der Waals surface area contributed by atoms with E-state index in [1.54, 1.807) is 13.0 Å². The molecule has 7 nitrogen and oxygen atoms in total. The molecule has 0 bridgehead atoms. The fourth-order valence-corrected chi connectivity index (χ4v) is 2.60. The number of aryl methyl sites for hydroxylation is 1. The van der Waals surface area contributed by atoms with Crippen LogP contribution in [0.3, 0.4) is 0 Å². The number of ether oxygens (including phenoxy) is 1. The van der Waals surface area contributed by atoms with E-state index in [-0.39, 0.29) is 17.9 Å². The molecule has 0 saturated carbocycles. The molecule has 0 aliphatic heterocycles. The van der Waals surface area contributed by atoms with Crippen LogP contribution in [0.4, 0.5) is 5.69 Å². The molecule has 3 rings (SSSR count). The zero-order chi connectivity index (χ0) is 19.4. The van der Waals surface area contributed by atoms with Crippen LogP contribution in [-0.4, -0.2) is 23.9 Å². The number of nitrogens with one attached hydrogen (secondary N) is 1. The lowest BCUT2D eigenvalue weighted by molar-refractivity contribution is -0.115. The number of methoxy groups -OCH3 is 1. The molecule has 0 unspecified atom stereocenters. The van der Waals surface area contributed by atoms with Crippen LogP contribution in [0.25, 0.3) is 11.5 Å². The topological polar surface area (TPSA) is 107 Å². The Hall–Kier alpha value is -3.61. The largest absolute Gasteiger partial charge is 0.495 e. The van der Waals surface area contributed by atoms with Crippen molar-refractivity contribution >= 4 is 17.5 Å². The molecule has 2 amide bonds. The summed E-state index contributed by atoms with van der Waals surface area (Å²) < 4.78 is 10.9. The average molecular weight is 365 g/mol. The van der Waals surface area contributed by atoms with Gasteiger partial charge in [0, 0.05) is 11.1 Å². The predicted molar refractivity (Wildman–Crippen MR) is 101 cm³/mol. The second-order valence-corrected chi connectivity index (χ2v) is 5.89. The molecule has 0 spiro atoms. The molecule has 1 heterocycles. The number of amides is 2. The zero-order valence-corrected chi connectivity index (χ0v) is 15.0. The number of carbonyl (C=O) groups is 2. The summed E-state index contributed by atoms with van der Waals surface area (Å²) in [4.78, 5) is 28.2. The van der Waals surface area contributed by atoms with Crippen LogP contribution in [0.2, 0.25) is 0 Å². The predicted octanol–water partition coefficient (Wildman–Crippen LogP) is 2.94. The molecule has 2 aromatic carbocycles. The summed E-state index contributed by atoms with van der Waals surface area (Å²) in [7, 11) is 1.48. The standard InChI is InChI=1S/C20H19N3O4/c1-12-15(23-20(27-12)13-6-4-3-5-7-13)11-18(24)22-16-10-14(19(21)25)8-9-17(16)26-2/h3-10H,11H2,1-2H3,(H2,21,25)(H,22,24). The number of oxazole rings is 1. The van der Waals surface area contributed by atoms with E-state index in [4.69, 9.17) is 14.9 Å². The number of hydrogen-bond acceptors (Lipinski definition) is 5. The number of primary amides is 1. The number of benzene rings is 2. The van der Waals surface area contributed by atoms with E-state index in [1.807, 2.05) is 30.3 Å². The third-order valence-corrected chi connectivity index (χ3v) is 4.00. The van der Waals surface area contributed by atoms with Crippen molar-refractivity contribution in [2.75, 3.05) is 12.4 Å². The second kappa shape index (κ2) is 7.74. The molecule has 0 aliphatic rings. The first-order valence-electron chi connectivity index (χ1n) is 8.27. The number of nitrogens with two attached hydrogens (primary N) is 1. The van der Waals surface area contributed by atoms with Crippen molar-refractivity contribution < 1.29 is 18.7 Å². The van der Waals surface area contributed by atoms with E-state index < -0.39 is 5.91 Å². The number of nitrogens with zero attached hydrogens (tertiary/aromatic N) is 1. The smallest absolute Gasteiger partial charge is 0.248 e. The molecule has 138 valence electrons. The van der Waals surface area contributed by atoms with Gasteiger partial charge in [-0.3, -0.25) is 9.59 Å². The van der Waals surface area contributed by atoms with Gasteiger partial charge in [0.15, 0.2) is 0 Å². The Labute approximate surface area is 156 Å². The summed E-state index contributed by atoms with van der Waals surface area (Å²) in [5, 5.41) is 2.73. The normalized spacial score (nSPS) is 10.4. The summed E-state index contributed by atoms with van der Waals surface area (Å²) in [6, 6.07) is 14.0. The number of anilines is 1. The van der Waals surface area contributed by atoms with Gasteiger partial charge in [-0.1, -0.05) is 18.2 Å². The minimum absolute atomic E-state index is 0.0200. The first-order chi connectivity index (χ1) is 13.0. The van der Waals surface area contributed by atoms with Crippen molar-refractivity contribution in [3.8, 4) is 17.2 Å². The summed E-state index contributed by atoms with van der Waals surface area (Å²) in [6.45, 7) is 1.76. The highest BCUT2D eigenvalue weighted by atomic mass is 16.5. The number of rotatable bonds is 6. The maximum absolute atomic E-state index is 12.5. The molecule has 1 aromatic heterocycles. The quantitative estimate of drug-likeness (QED) is 0.698. The summed E-state index contributed by atoms with van der Waals surface area (Å²) in [5.74, 6) is 0.556. The van der Waals surface area contributed by atoms with Gasteiger partial charge < -0.3 is 20.2 Å². The molecule has 3 N–H and O–H groups in total. The van der Waals surface area contributed by atoms with Gasteiger partial charge in [0.25, 0.3) is 0 Å². The van der Waals surface area contributed by atoms with Crippen molar-refractivity contribution in [3.63, 3.8) is 0 Å². The van der Waals surface area contributed by atoms with Crippen molar-refractivity contribution in [3.05, 3.63) is 65.5 Å². The number of hydrogen-bond donors (Lipinski definition) is 2. The summed E-state index contributed by atoms with van der Waals surface area (Å²) in [5.41, 5.74) is 7.30. The molecule has 7 heteroatoms. The van der Waals surface area contributed by atoms with E-state index in [2.05, 4.69) is 10.3 Å². The van der Waals surface area contributed by atoms with Crippen LogP contribution in [0, 0.1) is 6.92 Å². The van der Waals surface area contributed by atoms with E-state index in [9.17, 15) is 9.59 Å². The third-order valence-electron chi connectivity index (χ3n) is 4.00. The maximum atomic E-state index is 12.5. The Bertz CT molecular complexity index is 980. The van der Waals surface area contributed by atoms with E-state index >= 15 is 0 Å². The average Bonchev–Trinajstić information content (AvgIpc) is 3.02. The molecule has 0 radical (unpaired) electrons. The van der Waals surface area contributed by atoms with Gasteiger partial charge in [0.2, 0.25) is 17.7 Å². The highest BCUT2D eigenvalue weighted by Gasteiger charge is 2.16. The van der Waals surface area contributed by atoms with Gasteiger partial charge in [0.1, 0.15) is 11.5 Å². The second-order valence-electron chi connectivity index (χ2n) is 5.89. The molecule has 0 atom stereocenters. The van der Waals surface area contributed by atoms with Crippen molar-refractivity contribution in [1.82, 2.24) is 4.98 Å². The number of aromatic nitrogens is 1. The van der Waals surface area contributed by atoms with Gasteiger partial charge in [-0.25, -0.2) is 4.98 Å². The van der Waals surface area contributed by atoms with E-state index in [0.717, 1.165) is 5.56 Å². The van der Waals surface area contributed by atoms with Crippen molar-refractivity contribution in [1.29, 1.82) is 0 Å².